The van der Waals surface area contributed by atoms with E-state index in [0.717, 1.165) is 30.0 Å². The van der Waals surface area contributed by atoms with Crippen LogP contribution in [0.15, 0.2) is 22.8 Å². The molecule has 19 heavy (non-hydrogen) atoms. The fourth-order valence-corrected chi connectivity index (χ4v) is 1.85. The number of anilines is 1. The maximum Gasteiger partial charge on any atom is 0.222 e. The molecule has 1 fully saturated rings. The molecule has 2 aromatic heterocycles. The van der Waals surface area contributed by atoms with Gasteiger partial charge in [-0.05, 0) is 31.9 Å². The SMILES string of the molecule is Cc1c(NN)nc(C2CC2)nc1OCc1ccco1. The van der Waals surface area contributed by atoms with E-state index in [4.69, 9.17) is 15.0 Å². The zero-order valence-corrected chi connectivity index (χ0v) is 10.7. The van der Waals surface area contributed by atoms with Crippen LogP contribution < -0.4 is 16.0 Å². The van der Waals surface area contributed by atoms with Crippen molar-refractivity contribution in [1.82, 2.24) is 9.97 Å². The fraction of sp³-hybridized carbons (Fsp3) is 0.385. The molecule has 0 amide bonds. The molecule has 1 aliphatic carbocycles. The molecule has 0 radical (unpaired) electrons. The van der Waals surface area contributed by atoms with Gasteiger partial charge in [-0.25, -0.2) is 10.8 Å². The lowest BCUT2D eigenvalue weighted by molar-refractivity contribution is 0.257. The van der Waals surface area contributed by atoms with Crippen molar-refractivity contribution in [3.63, 3.8) is 0 Å². The molecule has 0 saturated heterocycles. The Morgan fingerprint density at radius 2 is 2.32 bits per heavy atom. The molecule has 6 heteroatoms. The quantitative estimate of drug-likeness (QED) is 0.632. The number of nitrogen functional groups attached to an aromatic ring is 1. The van der Waals surface area contributed by atoms with Crippen LogP contribution in [0.2, 0.25) is 0 Å². The summed E-state index contributed by atoms with van der Waals surface area (Å²) in [5.41, 5.74) is 3.40. The van der Waals surface area contributed by atoms with E-state index in [0.29, 0.717) is 24.2 Å². The molecule has 3 N–H and O–H groups in total. The third kappa shape index (κ3) is 2.53. The summed E-state index contributed by atoms with van der Waals surface area (Å²) in [4.78, 5) is 8.88. The van der Waals surface area contributed by atoms with E-state index >= 15 is 0 Å². The maximum absolute atomic E-state index is 5.70. The van der Waals surface area contributed by atoms with Crippen LogP contribution in [-0.4, -0.2) is 9.97 Å². The van der Waals surface area contributed by atoms with E-state index in [2.05, 4.69) is 15.4 Å². The van der Waals surface area contributed by atoms with Gasteiger partial charge in [-0.15, -0.1) is 0 Å². The lowest BCUT2D eigenvalue weighted by Crippen LogP contribution is -2.13. The lowest BCUT2D eigenvalue weighted by Gasteiger charge is -2.12. The van der Waals surface area contributed by atoms with Crippen LogP contribution in [0.3, 0.4) is 0 Å². The molecular weight excluding hydrogens is 244 g/mol. The number of aromatic nitrogens is 2. The van der Waals surface area contributed by atoms with Gasteiger partial charge < -0.3 is 14.6 Å². The average Bonchev–Trinajstić information content (AvgIpc) is 3.14. The highest BCUT2D eigenvalue weighted by Crippen LogP contribution is 2.39. The second kappa shape index (κ2) is 4.89. The predicted octanol–water partition coefficient (Wildman–Crippen LogP) is 2.12. The van der Waals surface area contributed by atoms with Crippen LogP contribution in [0, 0.1) is 6.92 Å². The van der Waals surface area contributed by atoms with E-state index < -0.39 is 0 Å². The van der Waals surface area contributed by atoms with E-state index in [9.17, 15) is 0 Å². The summed E-state index contributed by atoms with van der Waals surface area (Å²) in [6.45, 7) is 2.22. The Kier molecular flexibility index (Phi) is 3.08. The Hall–Kier alpha value is -2.08. The van der Waals surface area contributed by atoms with Gasteiger partial charge in [0.2, 0.25) is 5.88 Å². The Morgan fingerprint density at radius 3 is 2.95 bits per heavy atom. The topological polar surface area (TPSA) is 86.2 Å². The summed E-state index contributed by atoms with van der Waals surface area (Å²) >= 11 is 0. The molecule has 1 saturated carbocycles. The largest absolute Gasteiger partial charge is 0.469 e. The minimum atomic E-state index is 0.346. The zero-order valence-electron chi connectivity index (χ0n) is 10.7. The highest BCUT2D eigenvalue weighted by Gasteiger charge is 2.28. The minimum Gasteiger partial charge on any atom is -0.469 e. The number of nitrogens with two attached hydrogens (primary N) is 1. The molecule has 6 nitrogen and oxygen atoms in total. The van der Waals surface area contributed by atoms with Crippen LogP contribution >= 0.6 is 0 Å². The lowest BCUT2D eigenvalue weighted by atomic mass is 10.3. The first-order valence-corrected chi connectivity index (χ1v) is 6.28. The third-order valence-electron chi connectivity index (χ3n) is 3.13. The second-order valence-corrected chi connectivity index (χ2v) is 4.65. The highest BCUT2D eigenvalue weighted by molar-refractivity contribution is 5.48. The van der Waals surface area contributed by atoms with Gasteiger partial charge in [0, 0.05) is 5.92 Å². The Morgan fingerprint density at radius 1 is 1.47 bits per heavy atom. The molecule has 0 unspecified atom stereocenters. The van der Waals surface area contributed by atoms with E-state index in [1.807, 2.05) is 19.1 Å². The Balaban J connectivity index is 1.83. The molecular formula is C13H16N4O2. The second-order valence-electron chi connectivity index (χ2n) is 4.65. The Labute approximate surface area is 111 Å². The van der Waals surface area contributed by atoms with Gasteiger partial charge >= 0.3 is 0 Å². The van der Waals surface area contributed by atoms with Gasteiger partial charge in [0.25, 0.3) is 0 Å². The van der Waals surface area contributed by atoms with Crippen molar-refractivity contribution in [2.75, 3.05) is 5.43 Å². The van der Waals surface area contributed by atoms with Gasteiger partial charge in [0.05, 0.1) is 11.8 Å². The van der Waals surface area contributed by atoms with Crippen molar-refractivity contribution in [3.05, 3.63) is 35.5 Å². The van der Waals surface area contributed by atoms with E-state index in [-0.39, 0.29) is 0 Å². The van der Waals surface area contributed by atoms with Crippen molar-refractivity contribution in [3.8, 4) is 5.88 Å². The monoisotopic (exact) mass is 260 g/mol. The molecule has 0 bridgehead atoms. The van der Waals surface area contributed by atoms with Crippen molar-refractivity contribution in [2.45, 2.75) is 32.3 Å². The summed E-state index contributed by atoms with van der Waals surface area (Å²) in [7, 11) is 0. The first-order valence-electron chi connectivity index (χ1n) is 6.28. The van der Waals surface area contributed by atoms with Crippen LogP contribution in [0.4, 0.5) is 5.82 Å². The van der Waals surface area contributed by atoms with E-state index in [1.54, 1.807) is 6.26 Å². The molecule has 2 aromatic rings. The number of ether oxygens (including phenoxy) is 1. The van der Waals surface area contributed by atoms with Crippen LogP contribution in [-0.2, 0) is 6.61 Å². The molecule has 2 heterocycles. The number of hydrogen-bond donors (Lipinski definition) is 2. The first-order chi connectivity index (χ1) is 9.28. The molecule has 100 valence electrons. The van der Waals surface area contributed by atoms with Crippen molar-refractivity contribution >= 4 is 5.82 Å². The third-order valence-corrected chi connectivity index (χ3v) is 3.13. The van der Waals surface area contributed by atoms with E-state index in [1.165, 1.54) is 0 Å². The summed E-state index contributed by atoms with van der Waals surface area (Å²) in [5.74, 6) is 8.66. The number of furan rings is 1. The first kappa shape index (κ1) is 12.0. The molecule has 1 aliphatic rings. The van der Waals surface area contributed by atoms with Crippen molar-refractivity contribution in [2.24, 2.45) is 5.84 Å². The average molecular weight is 260 g/mol. The molecule has 0 atom stereocenters. The number of hydrogen-bond acceptors (Lipinski definition) is 6. The maximum atomic E-state index is 5.70. The van der Waals surface area contributed by atoms with Crippen molar-refractivity contribution in [1.29, 1.82) is 0 Å². The number of rotatable bonds is 5. The number of nitrogens with zero attached hydrogens (tertiary/aromatic N) is 2. The van der Waals surface area contributed by atoms with Gasteiger partial charge in [0.15, 0.2) is 0 Å². The van der Waals surface area contributed by atoms with Crippen LogP contribution in [0.25, 0.3) is 0 Å². The van der Waals surface area contributed by atoms with Crippen LogP contribution in [0.5, 0.6) is 5.88 Å². The zero-order chi connectivity index (χ0) is 13.2. The molecule has 0 spiro atoms. The summed E-state index contributed by atoms with van der Waals surface area (Å²) < 4.78 is 10.9. The summed E-state index contributed by atoms with van der Waals surface area (Å²) in [5, 5.41) is 0. The molecule has 0 aromatic carbocycles. The van der Waals surface area contributed by atoms with Gasteiger partial charge in [-0.1, -0.05) is 0 Å². The van der Waals surface area contributed by atoms with Gasteiger partial charge in [-0.3, -0.25) is 0 Å². The van der Waals surface area contributed by atoms with Gasteiger partial charge in [0.1, 0.15) is 24.0 Å². The summed E-state index contributed by atoms with van der Waals surface area (Å²) in [6.07, 6.45) is 3.88. The molecule has 3 rings (SSSR count). The summed E-state index contributed by atoms with van der Waals surface area (Å²) in [6, 6.07) is 3.69. The normalized spacial score (nSPS) is 14.4. The molecule has 0 aliphatic heterocycles. The Bertz CT molecular complexity index is 564. The smallest absolute Gasteiger partial charge is 0.222 e. The highest BCUT2D eigenvalue weighted by atomic mass is 16.5. The van der Waals surface area contributed by atoms with Gasteiger partial charge in [-0.2, -0.15) is 4.98 Å². The fourth-order valence-electron chi connectivity index (χ4n) is 1.85. The predicted molar refractivity (Wildman–Crippen MR) is 69.6 cm³/mol. The van der Waals surface area contributed by atoms with Crippen LogP contribution in [0.1, 0.15) is 35.9 Å². The number of hydrazine groups is 1. The number of nitrogens with one attached hydrogen (secondary N) is 1. The standard InChI is InChI=1S/C13H16N4O2/c1-8-11(17-14)15-12(9-4-5-9)16-13(8)19-7-10-3-2-6-18-10/h2-3,6,9H,4-5,7,14H2,1H3,(H,15,16,17). The van der Waals surface area contributed by atoms with Crippen molar-refractivity contribution < 1.29 is 9.15 Å². The minimum absolute atomic E-state index is 0.346.